The number of hydrogen-bond donors (Lipinski definition) is 2. The number of carbonyl (C=O) groups is 3. The van der Waals surface area contributed by atoms with Crippen molar-refractivity contribution in [3.05, 3.63) is 59.8 Å². The van der Waals surface area contributed by atoms with Gasteiger partial charge in [-0.15, -0.1) is 0 Å². The van der Waals surface area contributed by atoms with E-state index in [1.54, 1.807) is 18.3 Å². The summed E-state index contributed by atoms with van der Waals surface area (Å²) < 4.78 is 5.71. The second-order valence-corrected chi connectivity index (χ2v) is 8.02. The quantitative estimate of drug-likeness (QED) is 0.668. The van der Waals surface area contributed by atoms with Gasteiger partial charge in [0.15, 0.2) is 0 Å². The third-order valence-corrected chi connectivity index (χ3v) is 5.77. The molecule has 0 unspecified atom stereocenters. The molecule has 1 saturated carbocycles. The van der Waals surface area contributed by atoms with E-state index in [0.29, 0.717) is 25.3 Å². The first-order valence-corrected chi connectivity index (χ1v) is 10.6. The van der Waals surface area contributed by atoms with Crippen LogP contribution in [0.4, 0.5) is 4.79 Å². The first-order chi connectivity index (χ1) is 15.1. The minimum Gasteiger partial charge on any atom is -0.473 e. The number of benzene rings is 1. The molecule has 2 heterocycles. The lowest BCUT2D eigenvalue weighted by Crippen LogP contribution is -2.49. The van der Waals surface area contributed by atoms with Gasteiger partial charge in [0, 0.05) is 18.8 Å². The molecule has 31 heavy (non-hydrogen) atoms. The van der Waals surface area contributed by atoms with E-state index >= 15 is 0 Å². The van der Waals surface area contributed by atoms with Gasteiger partial charge in [-0.1, -0.05) is 49.6 Å². The van der Waals surface area contributed by atoms with E-state index < -0.39 is 11.6 Å². The first kappa shape index (κ1) is 20.8. The summed E-state index contributed by atoms with van der Waals surface area (Å²) >= 11 is 0. The molecule has 2 fully saturated rings. The average Bonchev–Trinajstić information content (AvgIpc) is 3.01. The van der Waals surface area contributed by atoms with Gasteiger partial charge in [-0.05, 0) is 30.0 Å². The fourth-order valence-corrected chi connectivity index (χ4v) is 4.09. The SMILES string of the molecule is O=C(CN1C(=O)NC2(CCCCC2)C1=O)NCc1ccnc(OCc2ccccc2)c1. The highest BCUT2D eigenvalue weighted by Crippen LogP contribution is 2.33. The Bertz CT molecular complexity index is 957. The van der Waals surface area contributed by atoms with Crippen molar-refractivity contribution in [2.24, 2.45) is 0 Å². The third-order valence-electron chi connectivity index (χ3n) is 5.77. The Morgan fingerprint density at radius 1 is 1.10 bits per heavy atom. The molecule has 2 aromatic rings. The lowest BCUT2D eigenvalue weighted by Gasteiger charge is -2.30. The van der Waals surface area contributed by atoms with Crippen molar-refractivity contribution in [2.75, 3.05) is 6.54 Å². The molecule has 0 bridgehead atoms. The van der Waals surface area contributed by atoms with Gasteiger partial charge in [0.25, 0.3) is 5.91 Å². The van der Waals surface area contributed by atoms with Crippen molar-refractivity contribution in [1.82, 2.24) is 20.5 Å². The highest BCUT2D eigenvalue weighted by molar-refractivity contribution is 6.09. The van der Waals surface area contributed by atoms with Crippen molar-refractivity contribution in [3.8, 4) is 5.88 Å². The third kappa shape index (κ3) is 4.84. The van der Waals surface area contributed by atoms with Crippen LogP contribution in [0.1, 0.15) is 43.2 Å². The Kier molecular flexibility index (Phi) is 6.16. The van der Waals surface area contributed by atoms with E-state index in [9.17, 15) is 14.4 Å². The monoisotopic (exact) mass is 422 g/mol. The van der Waals surface area contributed by atoms with Crippen LogP contribution in [0.15, 0.2) is 48.7 Å². The standard InChI is InChI=1S/C23H26N4O4/c28-19(15-27-21(29)23(26-22(27)30)10-5-2-6-11-23)25-14-18-9-12-24-20(13-18)31-16-17-7-3-1-4-8-17/h1,3-4,7-9,12-13H,2,5-6,10-11,14-16H2,(H,25,28)(H,26,30). The number of nitrogens with zero attached hydrogens (tertiary/aromatic N) is 2. The van der Waals surface area contributed by atoms with Crippen molar-refractivity contribution in [3.63, 3.8) is 0 Å². The summed E-state index contributed by atoms with van der Waals surface area (Å²) in [6, 6.07) is 12.8. The molecule has 1 saturated heterocycles. The number of nitrogens with one attached hydrogen (secondary N) is 2. The number of pyridine rings is 1. The van der Waals surface area contributed by atoms with E-state index in [0.717, 1.165) is 35.3 Å². The summed E-state index contributed by atoms with van der Waals surface area (Å²) in [6.07, 6.45) is 5.77. The van der Waals surface area contributed by atoms with E-state index in [1.165, 1.54) is 0 Å². The van der Waals surface area contributed by atoms with Gasteiger partial charge in [-0.25, -0.2) is 9.78 Å². The predicted octanol–water partition coefficient (Wildman–Crippen LogP) is 2.53. The molecule has 4 amide bonds. The van der Waals surface area contributed by atoms with E-state index in [2.05, 4.69) is 15.6 Å². The number of urea groups is 1. The normalized spacial score (nSPS) is 17.5. The molecule has 1 aliphatic heterocycles. The summed E-state index contributed by atoms with van der Waals surface area (Å²) in [5.41, 5.74) is 1.03. The Morgan fingerprint density at radius 3 is 2.65 bits per heavy atom. The Hall–Kier alpha value is -3.42. The highest BCUT2D eigenvalue weighted by atomic mass is 16.5. The van der Waals surface area contributed by atoms with Gasteiger partial charge >= 0.3 is 6.03 Å². The van der Waals surface area contributed by atoms with Crippen LogP contribution in [0.5, 0.6) is 5.88 Å². The number of imide groups is 1. The van der Waals surface area contributed by atoms with Gasteiger partial charge in [0.2, 0.25) is 11.8 Å². The fourth-order valence-electron chi connectivity index (χ4n) is 4.09. The molecule has 1 aliphatic carbocycles. The summed E-state index contributed by atoms with van der Waals surface area (Å²) in [5, 5.41) is 5.58. The molecule has 2 N–H and O–H groups in total. The van der Waals surface area contributed by atoms with Crippen LogP contribution < -0.4 is 15.4 Å². The number of ether oxygens (including phenoxy) is 1. The molecule has 1 aromatic carbocycles. The Morgan fingerprint density at radius 2 is 1.87 bits per heavy atom. The zero-order valence-corrected chi connectivity index (χ0v) is 17.3. The maximum Gasteiger partial charge on any atom is 0.325 e. The number of carbonyl (C=O) groups excluding carboxylic acids is 3. The Balaban J connectivity index is 1.29. The largest absolute Gasteiger partial charge is 0.473 e. The topological polar surface area (TPSA) is 101 Å². The van der Waals surface area contributed by atoms with Gasteiger partial charge in [0.05, 0.1) is 0 Å². The summed E-state index contributed by atoms with van der Waals surface area (Å²) in [7, 11) is 0. The molecule has 8 heteroatoms. The van der Waals surface area contributed by atoms with Crippen molar-refractivity contribution in [1.29, 1.82) is 0 Å². The minimum atomic E-state index is -0.814. The van der Waals surface area contributed by atoms with Crippen LogP contribution in [0.3, 0.4) is 0 Å². The van der Waals surface area contributed by atoms with Crippen LogP contribution >= 0.6 is 0 Å². The van der Waals surface area contributed by atoms with Gasteiger partial charge in [-0.3, -0.25) is 14.5 Å². The average molecular weight is 422 g/mol. The molecule has 4 rings (SSSR count). The van der Waals surface area contributed by atoms with Gasteiger partial charge in [0.1, 0.15) is 18.7 Å². The highest BCUT2D eigenvalue weighted by Gasteiger charge is 2.51. The molecular weight excluding hydrogens is 396 g/mol. The first-order valence-electron chi connectivity index (χ1n) is 10.6. The van der Waals surface area contributed by atoms with Crippen LogP contribution in [0, 0.1) is 0 Å². The lowest BCUT2D eigenvalue weighted by atomic mass is 9.82. The van der Waals surface area contributed by atoms with Crippen molar-refractivity contribution >= 4 is 17.8 Å². The summed E-state index contributed by atoms with van der Waals surface area (Å²) in [5.74, 6) is -0.211. The molecule has 8 nitrogen and oxygen atoms in total. The number of rotatable bonds is 7. The van der Waals surface area contributed by atoms with E-state index in [4.69, 9.17) is 4.74 Å². The predicted molar refractivity (Wildman–Crippen MR) is 113 cm³/mol. The minimum absolute atomic E-state index is 0.248. The lowest BCUT2D eigenvalue weighted by molar-refractivity contribution is -0.135. The summed E-state index contributed by atoms with van der Waals surface area (Å²) in [6.45, 7) is 0.365. The zero-order valence-electron chi connectivity index (χ0n) is 17.3. The van der Waals surface area contributed by atoms with Crippen molar-refractivity contribution < 1.29 is 19.1 Å². The molecule has 0 radical (unpaired) electrons. The Labute approximate surface area is 181 Å². The zero-order chi connectivity index (χ0) is 21.7. The van der Waals surface area contributed by atoms with E-state index in [1.807, 2.05) is 30.3 Å². The molecule has 2 aliphatic rings. The maximum atomic E-state index is 12.8. The van der Waals surface area contributed by atoms with Crippen LogP contribution in [-0.2, 0) is 22.7 Å². The number of aromatic nitrogens is 1. The maximum absolute atomic E-state index is 12.8. The molecule has 1 aromatic heterocycles. The number of hydrogen-bond acceptors (Lipinski definition) is 5. The van der Waals surface area contributed by atoms with Gasteiger partial charge < -0.3 is 15.4 Å². The molecular formula is C23H26N4O4. The van der Waals surface area contributed by atoms with Gasteiger partial charge in [-0.2, -0.15) is 0 Å². The summed E-state index contributed by atoms with van der Waals surface area (Å²) in [4.78, 5) is 42.7. The van der Waals surface area contributed by atoms with Crippen LogP contribution in [0.25, 0.3) is 0 Å². The smallest absolute Gasteiger partial charge is 0.325 e. The fraction of sp³-hybridized carbons (Fsp3) is 0.391. The molecule has 162 valence electrons. The molecule has 1 spiro atoms. The second-order valence-electron chi connectivity index (χ2n) is 8.02. The molecule has 0 atom stereocenters. The van der Waals surface area contributed by atoms with Crippen LogP contribution in [0.2, 0.25) is 0 Å². The van der Waals surface area contributed by atoms with E-state index in [-0.39, 0.29) is 24.9 Å². The van der Waals surface area contributed by atoms with Crippen LogP contribution in [-0.4, -0.2) is 39.8 Å². The van der Waals surface area contributed by atoms with Crippen molar-refractivity contribution in [2.45, 2.75) is 50.8 Å². The number of amides is 4. The second kappa shape index (κ2) is 9.16.